The molecule has 0 aliphatic heterocycles. The lowest BCUT2D eigenvalue weighted by Gasteiger charge is -2.22. The molecule has 0 fully saturated rings. The zero-order chi connectivity index (χ0) is 15.0. The molecule has 0 aromatic carbocycles. The molecule has 114 valence electrons. The minimum absolute atomic E-state index is 0.889. The SMILES string of the molecule is CC=C(NC)NCCSCc1ccc(C[N+](C)(C)C)o1. The Morgan fingerprint density at radius 2 is 2.00 bits per heavy atom. The number of nitrogens with zero attached hydrogens (tertiary/aromatic N) is 1. The minimum atomic E-state index is 0.889. The third-order valence-corrected chi connectivity index (χ3v) is 3.69. The first kappa shape index (κ1) is 17.0. The van der Waals surface area contributed by atoms with Crippen LogP contribution in [0, 0.1) is 0 Å². The summed E-state index contributed by atoms with van der Waals surface area (Å²) in [5.41, 5.74) is 0. The van der Waals surface area contributed by atoms with Gasteiger partial charge in [0.2, 0.25) is 0 Å². The van der Waals surface area contributed by atoms with Crippen molar-refractivity contribution in [3.63, 3.8) is 0 Å². The Morgan fingerprint density at radius 3 is 2.60 bits per heavy atom. The molecule has 0 amide bonds. The highest BCUT2D eigenvalue weighted by atomic mass is 32.2. The van der Waals surface area contributed by atoms with Gasteiger partial charge in [-0.25, -0.2) is 0 Å². The molecule has 20 heavy (non-hydrogen) atoms. The van der Waals surface area contributed by atoms with Gasteiger partial charge in [0.05, 0.1) is 32.7 Å². The Labute approximate surface area is 127 Å². The van der Waals surface area contributed by atoms with Gasteiger partial charge in [0.1, 0.15) is 12.3 Å². The molecule has 1 heterocycles. The van der Waals surface area contributed by atoms with Crippen LogP contribution >= 0.6 is 11.8 Å². The average Bonchev–Trinajstić information content (AvgIpc) is 2.79. The molecule has 4 nitrogen and oxygen atoms in total. The van der Waals surface area contributed by atoms with Crippen molar-refractivity contribution < 1.29 is 8.90 Å². The van der Waals surface area contributed by atoms with Gasteiger partial charge in [-0.05, 0) is 25.1 Å². The largest absolute Gasteiger partial charge is 0.459 e. The lowest BCUT2D eigenvalue weighted by Crippen LogP contribution is -2.33. The van der Waals surface area contributed by atoms with Crippen molar-refractivity contribution in [1.82, 2.24) is 10.6 Å². The summed E-state index contributed by atoms with van der Waals surface area (Å²) in [6, 6.07) is 4.19. The van der Waals surface area contributed by atoms with Crippen LogP contribution in [0.4, 0.5) is 0 Å². The van der Waals surface area contributed by atoms with E-state index < -0.39 is 0 Å². The molecule has 0 bridgehead atoms. The van der Waals surface area contributed by atoms with Crippen LogP contribution in [0.3, 0.4) is 0 Å². The molecule has 0 spiro atoms. The van der Waals surface area contributed by atoms with E-state index in [2.05, 4.69) is 43.9 Å². The van der Waals surface area contributed by atoms with Crippen molar-refractivity contribution in [3.05, 3.63) is 35.6 Å². The topological polar surface area (TPSA) is 37.2 Å². The zero-order valence-corrected chi connectivity index (χ0v) is 14.1. The number of hydrogen-bond acceptors (Lipinski definition) is 4. The summed E-state index contributed by atoms with van der Waals surface area (Å²) in [4.78, 5) is 0. The molecule has 1 aromatic rings. The van der Waals surface area contributed by atoms with Crippen LogP contribution in [-0.2, 0) is 12.3 Å². The van der Waals surface area contributed by atoms with Crippen molar-refractivity contribution in [2.75, 3.05) is 40.5 Å². The van der Waals surface area contributed by atoms with Crippen LogP contribution in [0.1, 0.15) is 18.4 Å². The maximum Gasteiger partial charge on any atom is 0.158 e. The average molecular weight is 298 g/mol. The van der Waals surface area contributed by atoms with Crippen LogP contribution in [-0.4, -0.2) is 45.0 Å². The summed E-state index contributed by atoms with van der Waals surface area (Å²) in [6.07, 6.45) is 2.04. The third-order valence-electron chi connectivity index (χ3n) is 2.71. The molecule has 2 N–H and O–H groups in total. The number of quaternary nitrogens is 1. The smallest absolute Gasteiger partial charge is 0.158 e. The van der Waals surface area contributed by atoms with E-state index in [-0.39, 0.29) is 0 Å². The molecule has 0 atom stereocenters. The highest BCUT2D eigenvalue weighted by Gasteiger charge is 2.12. The number of furan rings is 1. The van der Waals surface area contributed by atoms with Gasteiger partial charge in [0, 0.05) is 19.3 Å². The quantitative estimate of drug-likeness (QED) is 0.542. The summed E-state index contributed by atoms with van der Waals surface area (Å²) >= 11 is 1.88. The van der Waals surface area contributed by atoms with Crippen molar-refractivity contribution >= 4 is 11.8 Å². The minimum Gasteiger partial charge on any atom is -0.459 e. The highest BCUT2D eigenvalue weighted by Crippen LogP contribution is 2.17. The first-order valence-corrected chi connectivity index (χ1v) is 8.14. The fraction of sp³-hybridized carbons (Fsp3) is 0.600. The molecule has 0 aliphatic carbocycles. The molecule has 0 unspecified atom stereocenters. The Hall–Kier alpha value is -1.07. The van der Waals surface area contributed by atoms with E-state index in [0.29, 0.717) is 0 Å². The van der Waals surface area contributed by atoms with Crippen molar-refractivity contribution in [2.24, 2.45) is 0 Å². The van der Waals surface area contributed by atoms with Gasteiger partial charge in [-0.15, -0.1) is 0 Å². The standard InChI is InChI=1S/C15H28N3OS/c1-6-15(16-2)17-9-10-20-12-14-8-7-13(19-14)11-18(3,4)5/h6-8,16-17H,9-12H2,1-5H3/q+1. The first-order valence-electron chi connectivity index (χ1n) is 6.98. The molecule has 0 saturated heterocycles. The van der Waals surface area contributed by atoms with Gasteiger partial charge in [-0.2, -0.15) is 11.8 Å². The number of nitrogens with one attached hydrogen (secondary N) is 2. The van der Waals surface area contributed by atoms with E-state index in [1.54, 1.807) is 0 Å². The van der Waals surface area contributed by atoms with Crippen molar-refractivity contribution in [2.45, 2.75) is 19.2 Å². The van der Waals surface area contributed by atoms with Gasteiger partial charge in [-0.1, -0.05) is 0 Å². The Bertz CT molecular complexity index is 421. The fourth-order valence-electron chi connectivity index (χ4n) is 1.82. The summed E-state index contributed by atoms with van der Waals surface area (Å²) in [6.45, 7) is 3.90. The fourth-order valence-corrected chi connectivity index (χ4v) is 2.56. The van der Waals surface area contributed by atoms with Crippen molar-refractivity contribution in [1.29, 1.82) is 0 Å². The lowest BCUT2D eigenvalue weighted by atomic mass is 10.4. The van der Waals surface area contributed by atoms with E-state index in [1.807, 2.05) is 31.8 Å². The van der Waals surface area contributed by atoms with Gasteiger partial charge in [0.25, 0.3) is 0 Å². The molecule has 0 saturated carbocycles. The maximum absolute atomic E-state index is 5.85. The van der Waals surface area contributed by atoms with Crippen LogP contribution in [0.2, 0.25) is 0 Å². The normalized spacial score (nSPS) is 12.6. The monoisotopic (exact) mass is 298 g/mol. The lowest BCUT2D eigenvalue weighted by molar-refractivity contribution is -0.884. The predicted octanol–water partition coefficient (Wildman–Crippen LogP) is 2.39. The second kappa shape index (κ2) is 8.27. The first-order chi connectivity index (χ1) is 9.44. The molecule has 1 rings (SSSR count). The van der Waals surface area contributed by atoms with E-state index >= 15 is 0 Å². The molecule has 5 heteroatoms. The summed E-state index contributed by atoms with van der Waals surface area (Å²) in [7, 11) is 8.43. The Morgan fingerprint density at radius 1 is 1.30 bits per heavy atom. The van der Waals surface area contributed by atoms with E-state index in [0.717, 1.165) is 46.4 Å². The van der Waals surface area contributed by atoms with E-state index in [4.69, 9.17) is 4.42 Å². The second-order valence-corrected chi connectivity index (χ2v) is 6.85. The van der Waals surface area contributed by atoms with Crippen LogP contribution in [0.15, 0.2) is 28.4 Å². The molecule has 1 aromatic heterocycles. The molecule has 0 aliphatic rings. The van der Waals surface area contributed by atoms with Crippen molar-refractivity contribution in [3.8, 4) is 0 Å². The molecular weight excluding hydrogens is 270 g/mol. The van der Waals surface area contributed by atoms with Gasteiger partial charge in [0.15, 0.2) is 5.76 Å². The van der Waals surface area contributed by atoms with Gasteiger partial charge < -0.3 is 19.5 Å². The molecular formula is C15H28N3OS+. The number of thioether (sulfide) groups is 1. The second-order valence-electron chi connectivity index (χ2n) is 5.75. The number of hydrogen-bond donors (Lipinski definition) is 2. The summed E-state index contributed by atoms with van der Waals surface area (Å²) in [5.74, 6) is 5.21. The summed E-state index contributed by atoms with van der Waals surface area (Å²) in [5, 5.41) is 6.44. The van der Waals surface area contributed by atoms with E-state index in [9.17, 15) is 0 Å². The Kier molecular flexibility index (Phi) is 7.02. The third kappa shape index (κ3) is 6.91. The highest BCUT2D eigenvalue weighted by molar-refractivity contribution is 7.98. The van der Waals surface area contributed by atoms with Gasteiger partial charge in [-0.3, -0.25) is 0 Å². The number of allylic oxidation sites excluding steroid dienone is 1. The maximum atomic E-state index is 5.85. The summed E-state index contributed by atoms with van der Waals surface area (Å²) < 4.78 is 6.74. The van der Waals surface area contributed by atoms with E-state index in [1.165, 1.54) is 0 Å². The predicted molar refractivity (Wildman–Crippen MR) is 87.4 cm³/mol. The number of rotatable bonds is 9. The molecule has 0 radical (unpaired) electrons. The van der Waals surface area contributed by atoms with Gasteiger partial charge >= 0.3 is 0 Å². The van der Waals surface area contributed by atoms with Crippen LogP contribution < -0.4 is 10.6 Å². The van der Waals surface area contributed by atoms with Crippen LogP contribution in [0.25, 0.3) is 0 Å². The Balaban J connectivity index is 2.23. The zero-order valence-electron chi connectivity index (χ0n) is 13.3. The van der Waals surface area contributed by atoms with Crippen LogP contribution in [0.5, 0.6) is 0 Å².